The van der Waals surface area contributed by atoms with Crippen LogP contribution >= 0.6 is 0 Å². The van der Waals surface area contributed by atoms with E-state index in [2.05, 4.69) is 51.8 Å². The maximum absolute atomic E-state index is 4.37. The second-order valence-electron chi connectivity index (χ2n) is 5.41. The van der Waals surface area contributed by atoms with Gasteiger partial charge >= 0.3 is 0 Å². The van der Waals surface area contributed by atoms with Crippen molar-refractivity contribution >= 4 is 5.69 Å². The lowest BCUT2D eigenvalue weighted by atomic mass is 10.1. The molecule has 0 fully saturated rings. The minimum Gasteiger partial charge on any atom is -0.293 e. The molecular formula is C18H15N5. The van der Waals surface area contributed by atoms with Crippen molar-refractivity contribution in [3.8, 4) is 22.6 Å². The van der Waals surface area contributed by atoms with E-state index in [-0.39, 0.29) is 0 Å². The Hall–Kier alpha value is -3.21. The highest BCUT2D eigenvalue weighted by Gasteiger charge is 2.16. The lowest BCUT2D eigenvalue weighted by Crippen LogP contribution is -2.10. The van der Waals surface area contributed by atoms with Crippen molar-refractivity contribution in [1.82, 2.24) is 19.9 Å². The van der Waals surface area contributed by atoms with Gasteiger partial charge in [-0.1, -0.05) is 48.0 Å². The van der Waals surface area contributed by atoms with Crippen LogP contribution in [-0.4, -0.2) is 19.9 Å². The van der Waals surface area contributed by atoms with E-state index in [9.17, 15) is 0 Å². The molecule has 0 saturated heterocycles. The van der Waals surface area contributed by atoms with Crippen LogP contribution in [0, 0.1) is 6.92 Å². The lowest BCUT2D eigenvalue weighted by Gasteiger charge is -2.11. The number of benzene rings is 2. The predicted octanol–water partition coefficient (Wildman–Crippen LogP) is 3.63. The van der Waals surface area contributed by atoms with Crippen LogP contribution in [0.3, 0.4) is 0 Å². The third-order valence-electron chi connectivity index (χ3n) is 3.67. The summed E-state index contributed by atoms with van der Waals surface area (Å²) < 4.78 is 1.82. The average molecular weight is 301 g/mol. The Kier molecular flexibility index (Phi) is 3.24. The molecule has 23 heavy (non-hydrogen) atoms. The van der Waals surface area contributed by atoms with Crippen LogP contribution in [0.5, 0.6) is 0 Å². The van der Waals surface area contributed by atoms with Gasteiger partial charge in [0.25, 0.3) is 0 Å². The number of aromatic nitrogens is 4. The van der Waals surface area contributed by atoms with Gasteiger partial charge in [-0.2, -0.15) is 0 Å². The first-order valence-corrected chi connectivity index (χ1v) is 7.39. The number of nitrogens with one attached hydrogen (secondary N) is 1. The van der Waals surface area contributed by atoms with Crippen molar-refractivity contribution in [2.24, 2.45) is 0 Å². The lowest BCUT2D eigenvalue weighted by molar-refractivity contribution is 0.895. The summed E-state index contributed by atoms with van der Waals surface area (Å²) in [5.41, 5.74) is 8.28. The number of rotatable bonds is 3. The molecule has 0 spiro atoms. The fourth-order valence-corrected chi connectivity index (χ4v) is 2.46. The summed E-state index contributed by atoms with van der Waals surface area (Å²) in [6.07, 6.45) is 3.66. The number of fused-ring (bicyclic) bond motifs is 1. The average Bonchev–Trinajstić information content (AvgIpc) is 3.00. The number of hydrogen-bond acceptors (Lipinski definition) is 4. The van der Waals surface area contributed by atoms with Gasteiger partial charge in [-0.15, -0.1) is 10.2 Å². The molecule has 0 amide bonds. The van der Waals surface area contributed by atoms with E-state index in [1.807, 2.05) is 41.2 Å². The number of nitrogens with zero attached hydrogens (tertiary/aromatic N) is 4. The van der Waals surface area contributed by atoms with Crippen molar-refractivity contribution in [1.29, 1.82) is 0 Å². The van der Waals surface area contributed by atoms with Gasteiger partial charge in [-0.3, -0.25) is 10.1 Å². The second-order valence-corrected chi connectivity index (χ2v) is 5.41. The largest absolute Gasteiger partial charge is 0.293 e. The zero-order chi connectivity index (χ0) is 15.6. The molecular weight excluding hydrogens is 286 g/mol. The van der Waals surface area contributed by atoms with Crippen molar-refractivity contribution in [3.63, 3.8) is 0 Å². The van der Waals surface area contributed by atoms with Gasteiger partial charge in [-0.25, -0.2) is 4.98 Å². The third-order valence-corrected chi connectivity index (χ3v) is 3.67. The van der Waals surface area contributed by atoms with E-state index >= 15 is 0 Å². The Balaban J connectivity index is 1.74. The molecule has 112 valence electrons. The predicted molar refractivity (Wildman–Crippen MR) is 90.1 cm³/mol. The summed E-state index contributed by atoms with van der Waals surface area (Å²) in [6.45, 7) is 2.07. The van der Waals surface area contributed by atoms with Crippen molar-refractivity contribution in [2.75, 3.05) is 5.43 Å². The van der Waals surface area contributed by atoms with E-state index in [0.717, 1.165) is 22.5 Å². The standard InChI is InChI=1S/C18H15N5/c1-13-7-9-14(10-8-13)17-16-11-23(12-19-18(16)21-20-17)22-15-5-3-2-4-6-15/h2-12,22H,1H3. The Morgan fingerprint density at radius 1 is 0.913 bits per heavy atom. The second kappa shape index (κ2) is 5.53. The van der Waals surface area contributed by atoms with Gasteiger partial charge < -0.3 is 0 Å². The molecule has 0 aliphatic carbocycles. The summed E-state index contributed by atoms with van der Waals surface area (Å²) in [5.74, 6) is 0.645. The Morgan fingerprint density at radius 3 is 2.48 bits per heavy atom. The number of hydrogen-bond donors (Lipinski definition) is 1. The van der Waals surface area contributed by atoms with E-state index in [1.165, 1.54) is 5.56 Å². The van der Waals surface area contributed by atoms with Gasteiger partial charge in [0.15, 0.2) is 5.82 Å². The summed E-state index contributed by atoms with van der Waals surface area (Å²) in [5, 5.41) is 8.45. The minimum atomic E-state index is 0.645. The molecule has 5 heteroatoms. The normalized spacial score (nSPS) is 10.8. The van der Waals surface area contributed by atoms with E-state index in [1.54, 1.807) is 6.33 Å². The van der Waals surface area contributed by atoms with E-state index < -0.39 is 0 Å². The van der Waals surface area contributed by atoms with Crippen LogP contribution < -0.4 is 5.43 Å². The highest BCUT2D eigenvalue weighted by atomic mass is 15.4. The molecule has 1 N–H and O–H groups in total. The SMILES string of the molecule is Cc1ccc(-c2nnc3ncn(Nc4ccccc4)cc2-3)cc1. The molecule has 0 unspecified atom stereocenters. The molecule has 0 aromatic heterocycles. The van der Waals surface area contributed by atoms with Gasteiger partial charge in [0.2, 0.25) is 0 Å². The zero-order valence-corrected chi connectivity index (χ0v) is 12.6. The van der Waals surface area contributed by atoms with E-state index in [0.29, 0.717) is 5.82 Å². The number of anilines is 1. The molecule has 0 bridgehead atoms. The van der Waals surface area contributed by atoms with Crippen LogP contribution in [0.2, 0.25) is 0 Å². The Labute approximate surface area is 134 Å². The molecule has 4 rings (SSSR count). The highest BCUT2D eigenvalue weighted by molar-refractivity contribution is 5.77. The highest BCUT2D eigenvalue weighted by Crippen LogP contribution is 2.29. The van der Waals surface area contributed by atoms with Gasteiger partial charge in [0.1, 0.15) is 12.0 Å². The number of aryl methyl sites for hydroxylation is 1. The van der Waals surface area contributed by atoms with Crippen LogP contribution in [0.4, 0.5) is 5.69 Å². The first-order valence-electron chi connectivity index (χ1n) is 7.39. The molecule has 5 nitrogen and oxygen atoms in total. The first-order chi connectivity index (χ1) is 11.3. The van der Waals surface area contributed by atoms with Crippen LogP contribution in [0.25, 0.3) is 22.6 Å². The van der Waals surface area contributed by atoms with Gasteiger partial charge in [0, 0.05) is 11.8 Å². The van der Waals surface area contributed by atoms with Crippen LogP contribution in [0.15, 0.2) is 67.1 Å². The van der Waals surface area contributed by atoms with Crippen molar-refractivity contribution < 1.29 is 0 Å². The third kappa shape index (κ3) is 2.64. The quantitative estimate of drug-likeness (QED) is 0.628. The molecule has 2 aliphatic rings. The molecule has 2 heterocycles. The molecule has 0 radical (unpaired) electrons. The molecule has 2 aromatic carbocycles. The van der Waals surface area contributed by atoms with Crippen molar-refractivity contribution in [2.45, 2.75) is 6.92 Å². The smallest absolute Gasteiger partial charge is 0.187 e. The topological polar surface area (TPSA) is 55.6 Å². The van der Waals surface area contributed by atoms with Crippen LogP contribution in [0.1, 0.15) is 5.56 Å². The maximum atomic E-state index is 4.37. The summed E-state index contributed by atoms with van der Waals surface area (Å²) in [4.78, 5) is 4.37. The molecule has 0 atom stereocenters. The molecule has 2 aromatic rings. The van der Waals surface area contributed by atoms with E-state index in [4.69, 9.17) is 0 Å². The Bertz CT molecular complexity index is 896. The minimum absolute atomic E-state index is 0.645. The molecule has 0 saturated carbocycles. The molecule has 2 aliphatic heterocycles. The summed E-state index contributed by atoms with van der Waals surface area (Å²) >= 11 is 0. The Morgan fingerprint density at radius 2 is 1.70 bits per heavy atom. The fraction of sp³-hybridized carbons (Fsp3) is 0.0556. The monoisotopic (exact) mass is 301 g/mol. The first kappa shape index (κ1) is 13.5. The van der Waals surface area contributed by atoms with Gasteiger partial charge in [0.05, 0.1) is 11.3 Å². The maximum Gasteiger partial charge on any atom is 0.187 e. The number of para-hydroxylation sites is 1. The van der Waals surface area contributed by atoms with Gasteiger partial charge in [-0.05, 0) is 19.1 Å². The zero-order valence-electron chi connectivity index (χ0n) is 12.6. The fourth-order valence-electron chi connectivity index (χ4n) is 2.46. The summed E-state index contributed by atoms with van der Waals surface area (Å²) in [6, 6.07) is 18.2. The van der Waals surface area contributed by atoms with Crippen LogP contribution in [-0.2, 0) is 0 Å². The summed E-state index contributed by atoms with van der Waals surface area (Å²) in [7, 11) is 0. The van der Waals surface area contributed by atoms with Crippen molar-refractivity contribution in [3.05, 3.63) is 72.7 Å².